The number of fused-ring (bicyclic) bond motifs is 3. The van der Waals surface area contributed by atoms with Crippen molar-refractivity contribution in [2.24, 2.45) is 5.92 Å². The standard InChI is InChI=1S/C22H27N3OS/c1-13-9-10-17-18(11-13)27-22-19(17)21(26)24-20(25-22)15(3)23-12-14(2)16-7-5-4-6-8-16/h4-8,13-15,23H,9-12H2,1-3H3,(H,24,25,26)/p+1/t13-,14-,15-/m1/s1. The van der Waals surface area contributed by atoms with E-state index in [2.05, 4.69) is 55.3 Å². The SMILES string of the molecule is C[C@@H]1CCc2c(sc3nc([C@@H](C)[NH2+]C[C@@H](C)c4ccccc4)[nH]c(=O)c23)C1. The number of aromatic amines is 1. The van der Waals surface area contributed by atoms with Crippen LogP contribution in [0.2, 0.25) is 0 Å². The van der Waals surface area contributed by atoms with Crippen molar-refractivity contribution < 1.29 is 5.32 Å². The van der Waals surface area contributed by atoms with Crippen molar-refractivity contribution in [1.82, 2.24) is 9.97 Å². The smallest absolute Gasteiger partial charge is 0.260 e. The van der Waals surface area contributed by atoms with E-state index in [1.807, 2.05) is 6.07 Å². The van der Waals surface area contributed by atoms with Gasteiger partial charge in [-0.3, -0.25) is 4.79 Å². The lowest BCUT2D eigenvalue weighted by Crippen LogP contribution is -2.85. The predicted octanol–water partition coefficient (Wildman–Crippen LogP) is 3.54. The van der Waals surface area contributed by atoms with E-state index >= 15 is 0 Å². The Morgan fingerprint density at radius 1 is 1.30 bits per heavy atom. The Bertz CT molecular complexity index is 992. The van der Waals surface area contributed by atoms with Crippen LogP contribution < -0.4 is 10.9 Å². The lowest BCUT2D eigenvalue weighted by atomic mass is 9.89. The minimum Gasteiger partial charge on any atom is -0.337 e. The van der Waals surface area contributed by atoms with Gasteiger partial charge in [-0.25, -0.2) is 4.98 Å². The van der Waals surface area contributed by atoms with E-state index in [1.165, 1.54) is 22.4 Å². The Labute approximate surface area is 164 Å². The Morgan fingerprint density at radius 2 is 2.07 bits per heavy atom. The molecule has 142 valence electrons. The van der Waals surface area contributed by atoms with Gasteiger partial charge in [-0.05, 0) is 43.2 Å². The fraction of sp³-hybridized carbons (Fsp3) is 0.455. The van der Waals surface area contributed by atoms with Crippen LogP contribution in [0.15, 0.2) is 35.1 Å². The number of nitrogens with one attached hydrogen (secondary N) is 1. The number of aromatic nitrogens is 2. The van der Waals surface area contributed by atoms with E-state index < -0.39 is 0 Å². The molecule has 3 atom stereocenters. The van der Waals surface area contributed by atoms with Crippen LogP contribution in [-0.4, -0.2) is 16.5 Å². The number of nitrogens with two attached hydrogens (primary N) is 1. The molecule has 1 aliphatic rings. The molecule has 0 saturated carbocycles. The van der Waals surface area contributed by atoms with Crippen LogP contribution in [0.5, 0.6) is 0 Å². The fourth-order valence-corrected chi connectivity index (χ4v) is 5.41. The minimum absolute atomic E-state index is 0.0402. The van der Waals surface area contributed by atoms with E-state index in [0.29, 0.717) is 11.8 Å². The second-order valence-electron chi connectivity index (χ2n) is 8.05. The molecule has 4 nitrogen and oxygen atoms in total. The van der Waals surface area contributed by atoms with Crippen molar-refractivity contribution in [3.8, 4) is 0 Å². The highest BCUT2D eigenvalue weighted by Crippen LogP contribution is 2.35. The molecule has 0 radical (unpaired) electrons. The first-order valence-electron chi connectivity index (χ1n) is 9.95. The van der Waals surface area contributed by atoms with Crippen LogP contribution in [0.1, 0.15) is 61.0 Å². The number of benzene rings is 1. The summed E-state index contributed by atoms with van der Waals surface area (Å²) in [5.41, 5.74) is 2.64. The van der Waals surface area contributed by atoms with Gasteiger partial charge in [0.15, 0.2) is 5.82 Å². The zero-order valence-corrected chi connectivity index (χ0v) is 17.1. The first-order valence-corrected chi connectivity index (χ1v) is 10.8. The molecule has 3 N–H and O–H groups in total. The Morgan fingerprint density at radius 3 is 2.85 bits per heavy atom. The van der Waals surface area contributed by atoms with E-state index in [4.69, 9.17) is 4.98 Å². The third-order valence-corrected chi connectivity index (χ3v) is 6.98. The highest BCUT2D eigenvalue weighted by Gasteiger charge is 2.24. The van der Waals surface area contributed by atoms with Crippen molar-refractivity contribution in [2.45, 2.75) is 52.0 Å². The van der Waals surface area contributed by atoms with Crippen molar-refractivity contribution >= 4 is 21.6 Å². The summed E-state index contributed by atoms with van der Waals surface area (Å²) in [6, 6.07) is 10.7. The summed E-state index contributed by atoms with van der Waals surface area (Å²) in [7, 11) is 0. The van der Waals surface area contributed by atoms with Gasteiger partial charge in [-0.1, -0.05) is 44.2 Å². The zero-order valence-electron chi connectivity index (χ0n) is 16.3. The molecule has 0 bridgehead atoms. The maximum absolute atomic E-state index is 12.8. The Kier molecular flexibility index (Phi) is 5.15. The molecule has 0 spiro atoms. The van der Waals surface area contributed by atoms with Crippen molar-refractivity contribution in [2.75, 3.05) is 6.54 Å². The number of aryl methyl sites for hydroxylation is 1. The molecule has 0 amide bonds. The summed E-state index contributed by atoms with van der Waals surface area (Å²) < 4.78 is 0. The van der Waals surface area contributed by atoms with Crippen LogP contribution in [0.25, 0.3) is 10.2 Å². The number of nitrogens with zero attached hydrogens (tertiary/aromatic N) is 1. The Balaban J connectivity index is 1.54. The molecular formula is C22H28N3OS+. The third-order valence-electron chi connectivity index (χ3n) is 5.83. The second kappa shape index (κ2) is 7.56. The zero-order chi connectivity index (χ0) is 19.0. The number of thiophene rings is 1. The molecular weight excluding hydrogens is 354 g/mol. The van der Waals surface area contributed by atoms with Crippen molar-refractivity contribution in [3.05, 3.63) is 62.5 Å². The van der Waals surface area contributed by atoms with E-state index in [-0.39, 0.29) is 11.6 Å². The first-order chi connectivity index (χ1) is 13.0. The molecule has 0 unspecified atom stereocenters. The number of quaternary nitrogens is 1. The average molecular weight is 383 g/mol. The first kappa shape index (κ1) is 18.4. The molecule has 27 heavy (non-hydrogen) atoms. The lowest BCUT2D eigenvalue weighted by Gasteiger charge is -2.17. The number of H-pyrrole nitrogens is 1. The maximum Gasteiger partial charge on any atom is 0.260 e. The molecule has 3 aromatic rings. The highest BCUT2D eigenvalue weighted by molar-refractivity contribution is 7.18. The molecule has 0 saturated heterocycles. The van der Waals surface area contributed by atoms with Gasteiger partial charge >= 0.3 is 0 Å². The molecule has 2 aromatic heterocycles. The van der Waals surface area contributed by atoms with Gasteiger partial charge in [0.25, 0.3) is 5.56 Å². The van der Waals surface area contributed by atoms with Crippen LogP contribution in [0, 0.1) is 5.92 Å². The van der Waals surface area contributed by atoms with Gasteiger partial charge in [0, 0.05) is 10.8 Å². The second-order valence-corrected chi connectivity index (χ2v) is 9.14. The third kappa shape index (κ3) is 3.71. The summed E-state index contributed by atoms with van der Waals surface area (Å²) in [5, 5.41) is 3.12. The fourth-order valence-electron chi connectivity index (χ4n) is 4.02. The summed E-state index contributed by atoms with van der Waals surface area (Å²) in [5.74, 6) is 1.95. The summed E-state index contributed by atoms with van der Waals surface area (Å²) in [4.78, 5) is 23.0. The number of hydrogen-bond acceptors (Lipinski definition) is 3. The molecule has 0 fully saturated rings. The summed E-state index contributed by atoms with van der Waals surface area (Å²) >= 11 is 1.73. The number of rotatable bonds is 5. The summed E-state index contributed by atoms with van der Waals surface area (Å²) in [6.07, 6.45) is 3.26. The minimum atomic E-state index is 0.0402. The summed E-state index contributed by atoms with van der Waals surface area (Å²) in [6.45, 7) is 7.62. The van der Waals surface area contributed by atoms with Gasteiger partial charge in [0.05, 0.1) is 11.9 Å². The van der Waals surface area contributed by atoms with Crippen molar-refractivity contribution in [1.29, 1.82) is 0 Å². The Hall–Kier alpha value is -1.98. The topological polar surface area (TPSA) is 62.4 Å². The predicted molar refractivity (Wildman–Crippen MR) is 111 cm³/mol. The van der Waals surface area contributed by atoms with Gasteiger partial charge in [0.1, 0.15) is 10.9 Å². The molecule has 2 heterocycles. The van der Waals surface area contributed by atoms with Crippen LogP contribution in [0.3, 0.4) is 0 Å². The van der Waals surface area contributed by atoms with Gasteiger partial charge in [0.2, 0.25) is 0 Å². The quantitative estimate of drug-likeness (QED) is 0.709. The van der Waals surface area contributed by atoms with Gasteiger partial charge in [-0.15, -0.1) is 11.3 Å². The van der Waals surface area contributed by atoms with E-state index in [9.17, 15) is 4.79 Å². The molecule has 1 aromatic carbocycles. The average Bonchev–Trinajstić information content (AvgIpc) is 3.04. The van der Waals surface area contributed by atoms with Crippen LogP contribution in [-0.2, 0) is 12.8 Å². The highest BCUT2D eigenvalue weighted by atomic mass is 32.1. The van der Waals surface area contributed by atoms with E-state index in [0.717, 1.165) is 35.4 Å². The normalized spacial score (nSPS) is 19.0. The van der Waals surface area contributed by atoms with Gasteiger partial charge in [-0.2, -0.15) is 0 Å². The maximum atomic E-state index is 12.8. The monoisotopic (exact) mass is 382 g/mol. The largest absolute Gasteiger partial charge is 0.337 e. The van der Waals surface area contributed by atoms with Crippen LogP contribution in [0.4, 0.5) is 0 Å². The van der Waals surface area contributed by atoms with Crippen LogP contribution >= 0.6 is 11.3 Å². The van der Waals surface area contributed by atoms with E-state index in [1.54, 1.807) is 11.3 Å². The van der Waals surface area contributed by atoms with Gasteiger partial charge < -0.3 is 10.3 Å². The molecule has 4 rings (SSSR count). The number of hydrogen-bond donors (Lipinski definition) is 2. The molecule has 1 aliphatic carbocycles. The molecule has 0 aliphatic heterocycles. The lowest BCUT2D eigenvalue weighted by molar-refractivity contribution is -0.695. The van der Waals surface area contributed by atoms with Crippen molar-refractivity contribution in [3.63, 3.8) is 0 Å². The molecule has 5 heteroatoms.